The molecule has 0 spiro atoms. The van der Waals surface area contributed by atoms with E-state index in [1.54, 1.807) is 6.07 Å². The van der Waals surface area contributed by atoms with Gasteiger partial charge in [-0.1, -0.05) is 45.9 Å². The third-order valence-electron chi connectivity index (χ3n) is 4.51. The fourth-order valence-electron chi connectivity index (χ4n) is 2.38. The zero-order valence-corrected chi connectivity index (χ0v) is 12.8. The maximum absolute atomic E-state index is 13.3. The first kappa shape index (κ1) is 15.9. The molecule has 0 saturated heterocycles. The molecule has 1 heterocycles. The summed E-state index contributed by atoms with van der Waals surface area (Å²) in [6.07, 6.45) is -1.03. The van der Waals surface area contributed by atoms with Gasteiger partial charge in [0, 0.05) is 5.56 Å². The molecule has 0 bridgehead atoms. The van der Waals surface area contributed by atoms with E-state index in [2.05, 4.69) is 20.8 Å². The second-order valence-corrected chi connectivity index (χ2v) is 6.17. The van der Waals surface area contributed by atoms with Gasteiger partial charge in [-0.25, -0.2) is 0 Å². The highest BCUT2D eigenvalue weighted by molar-refractivity contribution is 5.62. The van der Waals surface area contributed by atoms with Crippen LogP contribution in [0.4, 0.5) is 13.2 Å². The van der Waals surface area contributed by atoms with Crippen LogP contribution in [0, 0.1) is 0 Å². The Morgan fingerprint density at radius 2 is 1.81 bits per heavy atom. The number of rotatable bonds is 3. The average molecular weight is 298 g/mol. The van der Waals surface area contributed by atoms with E-state index in [9.17, 15) is 13.2 Å². The van der Waals surface area contributed by atoms with Crippen molar-refractivity contribution in [1.29, 1.82) is 0 Å². The van der Waals surface area contributed by atoms with Gasteiger partial charge < -0.3 is 4.74 Å². The summed E-state index contributed by atoms with van der Waals surface area (Å²) < 4.78 is 45.3. The number of halogens is 3. The van der Waals surface area contributed by atoms with E-state index in [4.69, 9.17) is 4.74 Å². The molecule has 0 N–H and O–H groups in total. The fraction of sp³-hybridized carbons (Fsp3) is 0.529. The summed E-state index contributed by atoms with van der Waals surface area (Å²) in [7, 11) is 0. The van der Waals surface area contributed by atoms with Gasteiger partial charge in [0.2, 0.25) is 5.60 Å². The van der Waals surface area contributed by atoms with Gasteiger partial charge in [0.1, 0.15) is 5.75 Å². The van der Waals surface area contributed by atoms with Crippen LogP contribution in [0.5, 0.6) is 5.75 Å². The summed E-state index contributed by atoms with van der Waals surface area (Å²) in [6, 6.07) is 5.54. The van der Waals surface area contributed by atoms with Crippen molar-refractivity contribution in [2.75, 3.05) is 0 Å². The molecule has 2 rings (SSSR count). The molecule has 116 valence electrons. The number of hydrogen-bond acceptors (Lipinski definition) is 1. The lowest BCUT2D eigenvalue weighted by Gasteiger charge is -2.36. The molecule has 1 unspecified atom stereocenters. The highest BCUT2D eigenvalue weighted by atomic mass is 19.4. The van der Waals surface area contributed by atoms with Crippen LogP contribution in [0.15, 0.2) is 24.3 Å². The molecule has 0 aromatic heterocycles. The lowest BCUT2D eigenvalue weighted by atomic mass is 9.81. The monoisotopic (exact) mass is 298 g/mol. The molecule has 0 aliphatic carbocycles. The minimum absolute atomic E-state index is 0.0906. The van der Waals surface area contributed by atoms with Crippen LogP contribution in [0.2, 0.25) is 0 Å². The number of alkyl halides is 3. The summed E-state index contributed by atoms with van der Waals surface area (Å²) in [6.45, 7) is 7.70. The molecule has 1 aromatic rings. The molecular formula is C17H21F3O. The lowest BCUT2D eigenvalue weighted by molar-refractivity contribution is -0.230. The van der Waals surface area contributed by atoms with Crippen molar-refractivity contribution in [2.24, 2.45) is 0 Å². The van der Waals surface area contributed by atoms with Crippen molar-refractivity contribution in [2.45, 2.75) is 57.7 Å². The van der Waals surface area contributed by atoms with Crippen LogP contribution in [0.25, 0.3) is 6.08 Å². The second-order valence-electron chi connectivity index (χ2n) is 6.17. The number of hydrogen-bond donors (Lipinski definition) is 0. The highest BCUT2D eigenvalue weighted by Crippen LogP contribution is 2.44. The van der Waals surface area contributed by atoms with Crippen molar-refractivity contribution >= 4 is 6.08 Å². The smallest absolute Gasteiger partial charge is 0.432 e. The number of ether oxygens (including phenoxy) is 1. The van der Waals surface area contributed by atoms with Crippen molar-refractivity contribution in [3.05, 3.63) is 35.4 Å². The summed E-state index contributed by atoms with van der Waals surface area (Å²) >= 11 is 0. The predicted octanol–water partition coefficient (Wildman–Crippen LogP) is 5.49. The van der Waals surface area contributed by atoms with E-state index < -0.39 is 11.8 Å². The lowest BCUT2D eigenvalue weighted by Crippen LogP contribution is -2.49. The summed E-state index contributed by atoms with van der Waals surface area (Å²) in [5.74, 6) is 0.315. The second kappa shape index (κ2) is 5.08. The first-order chi connectivity index (χ1) is 9.65. The highest BCUT2D eigenvalue weighted by Gasteiger charge is 2.55. The molecule has 21 heavy (non-hydrogen) atoms. The quantitative estimate of drug-likeness (QED) is 0.717. The first-order valence-corrected chi connectivity index (χ1v) is 7.25. The molecule has 1 aromatic carbocycles. The third-order valence-corrected chi connectivity index (χ3v) is 4.51. The van der Waals surface area contributed by atoms with Crippen LogP contribution in [-0.2, 0) is 5.41 Å². The van der Waals surface area contributed by atoms with Gasteiger partial charge in [-0.2, -0.15) is 13.2 Å². The zero-order chi connectivity index (χ0) is 15.9. The van der Waals surface area contributed by atoms with E-state index in [0.717, 1.165) is 18.1 Å². The maximum atomic E-state index is 13.3. The molecule has 0 radical (unpaired) electrons. The van der Waals surface area contributed by atoms with Crippen LogP contribution >= 0.6 is 0 Å². The summed E-state index contributed by atoms with van der Waals surface area (Å²) in [5, 5.41) is 0. The molecule has 1 nitrogen and oxygen atoms in total. The van der Waals surface area contributed by atoms with Crippen LogP contribution in [-0.4, -0.2) is 11.8 Å². The van der Waals surface area contributed by atoms with Crippen molar-refractivity contribution in [3.63, 3.8) is 0 Å². The van der Waals surface area contributed by atoms with Crippen LogP contribution < -0.4 is 4.74 Å². The third kappa shape index (κ3) is 2.68. The normalized spacial score (nSPS) is 21.9. The van der Waals surface area contributed by atoms with E-state index in [-0.39, 0.29) is 11.8 Å². The molecule has 0 amide bonds. The van der Waals surface area contributed by atoms with Crippen molar-refractivity contribution in [1.82, 2.24) is 0 Å². The SMILES string of the molecule is CCC(C)(C)c1ccc2c(c1)OC(CC)(C(F)(F)F)C=C2. The van der Waals surface area contributed by atoms with E-state index >= 15 is 0 Å². The summed E-state index contributed by atoms with van der Waals surface area (Å²) in [5.41, 5.74) is -0.619. The Bertz CT molecular complexity index is 558. The van der Waals surface area contributed by atoms with Gasteiger partial charge in [0.25, 0.3) is 0 Å². The average Bonchev–Trinajstić information content (AvgIpc) is 2.44. The molecule has 0 saturated carbocycles. The number of fused-ring (bicyclic) bond motifs is 1. The van der Waals surface area contributed by atoms with Crippen molar-refractivity contribution in [3.8, 4) is 5.75 Å². The Morgan fingerprint density at radius 3 is 2.33 bits per heavy atom. The number of benzene rings is 1. The van der Waals surface area contributed by atoms with Gasteiger partial charge in [0.05, 0.1) is 0 Å². The minimum atomic E-state index is -4.42. The maximum Gasteiger partial charge on any atom is 0.432 e. The molecule has 0 fully saturated rings. The zero-order valence-electron chi connectivity index (χ0n) is 12.8. The Balaban J connectivity index is 2.46. The Morgan fingerprint density at radius 1 is 1.14 bits per heavy atom. The van der Waals surface area contributed by atoms with Gasteiger partial charge in [-0.15, -0.1) is 0 Å². The van der Waals surface area contributed by atoms with E-state index in [0.29, 0.717) is 11.3 Å². The largest absolute Gasteiger partial charge is 0.473 e. The topological polar surface area (TPSA) is 9.23 Å². The Labute approximate surface area is 123 Å². The summed E-state index contributed by atoms with van der Waals surface area (Å²) in [4.78, 5) is 0. The van der Waals surface area contributed by atoms with Crippen LogP contribution in [0.3, 0.4) is 0 Å². The van der Waals surface area contributed by atoms with Gasteiger partial charge >= 0.3 is 6.18 Å². The molecule has 1 aliphatic heterocycles. The first-order valence-electron chi connectivity index (χ1n) is 7.25. The molecular weight excluding hydrogens is 277 g/mol. The van der Waals surface area contributed by atoms with E-state index in [1.165, 1.54) is 13.0 Å². The predicted molar refractivity (Wildman–Crippen MR) is 78.5 cm³/mol. The molecule has 4 heteroatoms. The standard InChI is InChI=1S/C17H21F3O/c1-5-15(3,4)13-8-7-12-9-10-16(6-2,17(18,19)20)21-14(12)11-13/h7-11H,5-6H2,1-4H3. The van der Waals surface area contributed by atoms with Gasteiger partial charge in [-0.3, -0.25) is 0 Å². The van der Waals surface area contributed by atoms with Gasteiger partial charge in [-0.05, 0) is 36.0 Å². The Kier molecular flexibility index (Phi) is 3.85. The van der Waals surface area contributed by atoms with Crippen molar-refractivity contribution < 1.29 is 17.9 Å². The van der Waals surface area contributed by atoms with Crippen LogP contribution in [0.1, 0.15) is 51.7 Å². The molecule has 1 aliphatic rings. The van der Waals surface area contributed by atoms with E-state index in [1.807, 2.05) is 12.1 Å². The van der Waals surface area contributed by atoms with Gasteiger partial charge in [0.15, 0.2) is 0 Å². The molecule has 1 atom stereocenters. The minimum Gasteiger partial charge on any atom is -0.473 e. The Hall–Kier alpha value is -1.45. The fourth-order valence-corrected chi connectivity index (χ4v) is 2.38.